The largest absolute Gasteiger partial charge is 0.466 e. The summed E-state index contributed by atoms with van der Waals surface area (Å²) in [6, 6.07) is 0. The molecule has 0 amide bonds. The molecule has 0 heterocycles. The molecule has 5 heteroatoms. The quantitative estimate of drug-likeness (QED) is 0.355. The van der Waals surface area contributed by atoms with Gasteiger partial charge in [0.1, 0.15) is 5.78 Å². The maximum Gasteiger partial charge on any atom is 0.333 e. The average Bonchev–Trinajstić information content (AvgIpc) is 3.34. The molecule has 0 radical (unpaired) electrons. The van der Waals surface area contributed by atoms with Crippen molar-refractivity contribution in [3.8, 4) is 0 Å². The van der Waals surface area contributed by atoms with Crippen molar-refractivity contribution in [2.75, 3.05) is 7.11 Å². The highest BCUT2D eigenvalue weighted by atomic mass is 16.5. The smallest absolute Gasteiger partial charge is 0.333 e. The number of ketones is 3. The number of rotatable bonds is 4. The Bertz CT molecular complexity index is 1120. The number of ether oxygens (including phenoxy) is 1. The van der Waals surface area contributed by atoms with Crippen LogP contribution in [0.4, 0.5) is 0 Å². The van der Waals surface area contributed by atoms with Crippen molar-refractivity contribution in [1.29, 1.82) is 0 Å². The van der Waals surface area contributed by atoms with Crippen LogP contribution in [0.15, 0.2) is 34.4 Å². The molecule has 0 aromatic heterocycles. The predicted molar refractivity (Wildman–Crippen MR) is 139 cm³/mol. The fourth-order valence-electron chi connectivity index (χ4n) is 8.85. The molecular weight excluding hydrogens is 452 g/mol. The standard InChI is InChI=1S/C31H42O5/c1-17(28(35)36-8)15-22-20(9-10-21(22)19(3)32)18(2)27-23(33)16-25-30(6)14-12-26(34)29(4,5)24(30)11-13-31(25,27)7/h10,15,20,22,24-25H,9,11-14,16H2,1-8H3/b17-15+,27-18+/t20-,22-,24-,25-,30-,31-/m0/s1. The molecule has 0 aliphatic heterocycles. The maximum absolute atomic E-state index is 13.8. The molecule has 0 aromatic rings. The van der Waals surface area contributed by atoms with Crippen molar-refractivity contribution in [2.24, 2.45) is 39.9 Å². The summed E-state index contributed by atoms with van der Waals surface area (Å²) >= 11 is 0. The molecule has 0 bridgehead atoms. The van der Waals surface area contributed by atoms with E-state index in [1.54, 1.807) is 13.8 Å². The van der Waals surface area contributed by atoms with E-state index in [1.807, 2.05) is 12.2 Å². The number of Topliss-reactive ketones (excluding diaryl/α,β-unsaturated/α-hetero) is 3. The van der Waals surface area contributed by atoms with Crippen LogP contribution < -0.4 is 0 Å². The summed E-state index contributed by atoms with van der Waals surface area (Å²) < 4.78 is 4.90. The number of allylic oxidation sites excluding steroid dienone is 5. The monoisotopic (exact) mass is 494 g/mol. The van der Waals surface area contributed by atoms with Crippen molar-refractivity contribution in [1.82, 2.24) is 0 Å². The van der Waals surface area contributed by atoms with E-state index >= 15 is 0 Å². The molecule has 0 saturated heterocycles. The van der Waals surface area contributed by atoms with Gasteiger partial charge in [0.2, 0.25) is 0 Å². The first-order chi connectivity index (χ1) is 16.7. The molecule has 4 aliphatic carbocycles. The van der Waals surface area contributed by atoms with Crippen molar-refractivity contribution in [2.45, 2.75) is 87.0 Å². The molecule has 4 aliphatic rings. The number of esters is 1. The van der Waals surface area contributed by atoms with Gasteiger partial charge in [-0.3, -0.25) is 14.4 Å². The minimum atomic E-state index is -0.404. The molecule has 5 nitrogen and oxygen atoms in total. The van der Waals surface area contributed by atoms with Crippen molar-refractivity contribution in [3.63, 3.8) is 0 Å². The van der Waals surface area contributed by atoms with Gasteiger partial charge in [-0.05, 0) is 80.6 Å². The van der Waals surface area contributed by atoms with Crippen molar-refractivity contribution in [3.05, 3.63) is 34.4 Å². The highest BCUT2D eigenvalue weighted by molar-refractivity contribution is 6.01. The first-order valence-electron chi connectivity index (χ1n) is 13.5. The molecule has 0 unspecified atom stereocenters. The van der Waals surface area contributed by atoms with Gasteiger partial charge >= 0.3 is 5.97 Å². The number of carbonyl (C=O) groups excluding carboxylic acids is 4. The van der Waals surface area contributed by atoms with Crippen LogP contribution in [-0.4, -0.2) is 30.4 Å². The molecule has 6 atom stereocenters. The van der Waals surface area contributed by atoms with E-state index in [9.17, 15) is 19.2 Å². The number of methoxy groups -OCH3 is 1. The summed E-state index contributed by atoms with van der Waals surface area (Å²) in [5, 5.41) is 0. The zero-order valence-electron chi connectivity index (χ0n) is 23.2. The van der Waals surface area contributed by atoms with E-state index in [4.69, 9.17) is 4.74 Å². The second kappa shape index (κ2) is 8.92. The van der Waals surface area contributed by atoms with Gasteiger partial charge in [-0.25, -0.2) is 4.79 Å². The lowest BCUT2D eigenvalue weighted by molar-refractivity contribution is -0.154. The third-order valence-electron chi connectivity index (χ3n) is 10.7. The molecule has 3 saturated carbocycles. The summed E-state index contributed by atoms with van der Waals surface area (Å²) in [7, 11) is 1.36. The summed E-state index contributed by atoms with van der Waals surface area (Å²) in [5.74, 6) is 0.385. The predicted octanol–water partition coefficient (Wildman–Crippen LogP) is 5.97. The first kappa shape index (κ1) is 26.8. The van der Waals surface area contributed by atoms with Gasteiger partial charge in [0, 0.05) is 35.3 Å². The van der Waals surface area contributed by atoms with Gasteiger partial charge in [-0.15, -0.1) is 0 Å². The Hall–Kier alpha value is -2.30. The number of carbonyl (C=O) groups is 4. The molecule has 196 valence electrons. The van der Waals surface area contributed by atoms with Crippen LogP contribution in [0.25, 0.3) is 0 Å². The fourth-order valence-corrected chi connectivity index (χ4v) is 8.85. The van der Waals surface area contributed by atoms with Crippen LogP contribution in [-0.2, 0) is 23.9 Å². The van der Waals surface area contributed by atoms with Crippen LogP contribution in [0.5, 0.6) is 0 Å². The highest BCUT2D eigenvalue weighted by Crippen LogP contribution is 2.69. The van der Waals surface area contributed by atoms with Gasteiger partial charge < -0.3 is 4.74 Å². The Labute approximate surface area is 215 Å². The van der Waals surface area contributed by atoms with E-state index < -0.39 is 5.97 Å². The van der Waals surface area contributed by atoms with E-state index in [2.05, 4.69) is 34.6 Å². The lowest BCUT2D eigenvalue weighted by Crippen LogP contribution is -2.56. The average molecular weight is 495 g/mol. The van der Waals surface area contributed by atoms with E-state index in [1.165, 1.54) is 7.11 Å². The zero-order chi connectivity index (χ0) is 26.8. The molecule has 0 N–H and O–H groups in total. The SMILES string of the molecule is COC(=O)/C(C)=C/[C@@H]1C(C(C)=O)=CC[C@H]1/C(C)=C1\C(=O)C[C@H]2[C@@]3(C)CCC(=O)C(C)(C)[C@@H]3CC[C@]12C. The van der Waals surface area contributed by atoms with Gasteiger partial charge in [-0.1, -0.05) is 45.4 Å². The van der Waals surface area contributed by atoms with Crippen LogP contribution in [0.1, 0.15) is 87.0 Å². The number of hydrogen-bond acceptors (Lipinski definition) is 5. The zero-order valence-corrected chi connectivity index (χ0v) is 23.2. The maximum atomic E-state index is 13.8. The Morgan fingerprint density at radius 2 is 1.69 bits per heavy atom. The van der Waals surface area contributed by atoms with E-state index in [-0.39, 0.29) is 51.5 Å². The Morgan fingerprint density at radius 3 is 2.31 bits per heavy atom. The lowest BCUT2D eigenvalue weighted by atomic mass is 9.43. The Balaban J connectivity index is 1.77. The van der Waals surface area contributed by atoms with Crippen molar-refractivity contribution >= 4 is 23.3 Å². The minimum absolute atomic E-state index is 0.00169. The van der Waals surface area contributed by atoms with Gasteiger partial charge in [-0.2, -0.15) is 0 Å². The van der Waals surface area contributed by atoms with Crippen LogP contribution >= 0.6 is 0 Å². The Morgan fingerprint density at radius 1 is 1.03 bits per heavy atom. The first-order valence-corrected chi connectivity index (χ1v) is 13.5. The molecule has 3 fully saturated rings. The normalized spacial score (nSPS) is 39.3. The lowest BCUT2D eigenvalue weighted by Gasteiger charge is -2.60. The van der Waals surface area contributed by atoms with E-state index in [0.29, 0.717) is 36.2 Å². The third kappa shape index (κ3) is 3.80. The minimum Gasteiger partial charge on any atom is -0.466 e. The second-order valence-corrected chi connectivity index (χ2v) is 12.8. The van der Waals surface area contributed by atoms with Gasteiger partial charge in [0.15, 0.2) is 11.6 Å². The summed E-state index contributed by atoms with van der Waals surface area (Å²) in [6.07, 6.45) is 8.32. The number of fused-ring (bicyclic) bond motifs is 3. The molecule has 0 spiro atoms. The van der Waals surface area contributed by atoms with Crippen LogP contribution in [0, 0.1) is 39.9 Å². The number of hydrogen-bond donors (Lipinski definition) is 0. The Kier molecular flexibility index (Phi) is 6.63. The van der Waals surface area contributed by atoms with Gasteiger partial charge in [0.05, 0.1) is 7.11 Å². The molecular formula is C31H42O5. The summed E-state index contributed by atoms with van der Waals surface area (Å²) in [6.45, 7) is 14.2. The van der Waals surface area contributed by atoms with Crippen LogP contribution in [0.3, 0.4) is 0 Å². The second-order valence-electron chi connectivity index (χ2n) is 12.8. The topological polar surface area (TPSA) is 77.5 Å². The highest BCUT2D eigenvalue weighted by Gasteiger charge is 2.64. The summed E-state index contributed by atoms with van der Waals surface area (Å²) in [5.41, 5.74) is 2.53. The fraction of sp³-hybridized carbons (Fsp3) is 0.677. The molecule has 4 rings (SSSR count). The van der Waals surface area contributed by atoms with Crippen molar-refractivity contribution < 1.29 is 23.9 Å². The summed E-state index contributed by atoms with van der Waals surface area (Å²) in [4.78, 5) is 51.3. The van der Waals surface area contributed by atoms with Crippen LogP contribution in [0.2, 0.25) is 0 Å². The third-order valence-corrected chi connectivity index (χ3v) is 10.7. The van der Waals surface area contributed by atoms with Gasteiger partial charge in [0.25, 0.3) is 0 Å². The molecule has 36 heavy (non-hydrogen) atoms. The molecule has 0 aromatic carbocycles. The van der Waals surface area contributed by atoms with E-state index in [0.717, 1.165) is 30.4 Å².